The number of aromatic nitrogens is 1. The van der Waals surface area contributed by atoms with E-state index in [0.717, 1.165) is 35.9 Å². The molecule has 128 valence electrons. The first-order valence-electron chi connectivity index (χ1n) is 8.08. The Bertz CT molecular complexity index is 892. The highest BCUT2D eigenvalue weighted by Crippen LogP contribution is 2.43. The Kier molecular flexibility index (Phi) is 3.85. The lowest BCUT2D eigenvalue weighted by Gasteiger charge is -2.32. The van der Waals surface area contributed by atoms with E-state index < -0.39 is 22.0 Å². The maximum absolute atomic E-state index is 13.2. The molecule has 8 heteroatoms. The second kappa shape index (κ2) is 5.79. The molecule has 3 unspecified atom stereocenters. The van der Waals surface area contributed by atoms with Crippen LogP contribution in [-0.2, 0) is 14.8 Å². The highest BCUT2D eigenvalue weighted by atomic mass is 32.2. The summed E-state index contributed by atoms with van der Waals surface area (Å²) in [5.41, 5.74) is 2.43. The van der Waals surface area contributed by atoms with Crippen molar-refractivity contribution < 1.29 is 18.3 Å². The first-order valence-corrected chi connectivity index (χ1v) is 10.4. The molecule has 0 radical (unpaired) electrons. The van der Waals surface area contributed by atoms with Crippen LogP contribution in [0.25, 0.3) is 10.2 Å². The summed E-state index contributed by atoms with van der Waals surface area (Å²) in [4.78, 5) is 16.0. The molecule has 2 heterocycles. The third-order valence-electron chi connectivity index (χ3n) is 5.19. The summed E-state index contributed by atoms with van der Waals surface area (Å²) in [5.74, 6) is -0.895. The predicted octanol–water partition coefficient (Wildman–Crippen LogP) is 2.70. The molecule has 0 bridgehead atoms. The van der Waals surface area contributed by atoms with Crippen LogP contribution in [-0.4, -0.2) is 40.9 Å². The Labute approximate surface area is 144 Å². The zero-order valence-electron chi connectivity index (χ0n) is 13.0. The van der Waals surface area contributed by atoms with Gasteiger partial charge in [-0.15, -0.1) is 11.3 Å². The van der Waals surface area contributed by atoms with Crippen LogP contribution < -0.4 is 0 Å². The van der Waals surface area contributed by atoms with Crippen LogP contribution in [0, 0.1) is 5.92 Å². The third-order valence-corrected chi connectivity index (χ3v) is 7.91. The average Bonchev–Trinajstić information content (AvgIpc) is 3.18. The summed E-state index contributed by atoms with van der Waals surface area (Å²) in [6.07, 6.45) is 4.08. The van der Waals surface area contributed by atoms with Gasteiger partial charge in [0.25, 0.3) is 0 Å². The number of benzene rings is 1. The van der Waals surface area contributed by atoms with Crippen molar-refractivity contribution in [2.24, 2.45) is 5.92 Å². The van der Waals surface area contributed by atoms with E-state index in [9.17, 15) is 18.3 Å². The van der Waals surface area contributed by atoms with Crippen LogP contribution in [0.2, 0.25) is 0 Å². The van der Waals surface area contributed by atoms with Gasteiger partial charge in [-0.2, -0.15) is 4.31 Å². The van der Waals surface area contributed by atoms with Crippen molar-refractivity contribution in [3.8, 4) is 0 Å². The van der Waals surface area contributed by atoms with Gasteiger partial charge in [-0.1, -0.05) is 12.8 Å². The Balaban J connectivity index is 1.79. The number of thiazole rings is 1. The van der Waals surface area contributed by atoms with Crippen LogP contribution in [0.1, 0.15) is 32.1 Å². The van der Waals surface area contributed by atoms with Crippen molar-refractivity contribution in [3.05, 3.63) is 23.7 Å². The predicted molar refractivity (Wildman–Crippen MR) is 90.4 cm³/mol. The first-order chi connectivity index (χ1) is 11.5. The number of hydrogen-bond donors (Lipinski definition) is 1. The molecular formula is C16H18N2O4S2. The fraction of sp³-hybridized carbons (Fsp3) is 0.500. The van der Waals surface area contributed by atoms with Crippen molar-refractivity contribution in [2.75, 3.05) is 0 Å². The molecule has 1 saturated heterocycles. The van der Waals surface area contributed by atoms with Gasteiger partial charge in [-0.05, 0) is 43.4 Å². The zero-order valence-corrected chi connectivity index (χ0v) is 14.6. The molecule has 1 aromatic carbocycles. The number of carboxylic acids is 1. The number of nitrogens with zero attached hydrogens (tertiary/aromatic N) is 2. The van der Waals surface area contributed by atoms with Gasteiger partial charge in [0.05, 0.1) is 20.6 Å². The number of rotatable bonds is 3. The molecule has 2 fully saturated rings. The van der Waals surface area contributed by atoms with Crippen molar-refractivity contribution in [1.29, 1.82) is 0 Å². The van der Waals surface area contributed by atoms with Gasteiger partial charge in [-0.3, -0.25) is 4.79 Å². The van der Waals surface area contributed by atoms with Crippen LogP contribution in [0.15, 0.2) is 28.6 Å². The minimum Gasteiger partial charge on any atom is -0.480 e. The van der Waals surface area contributed by atoms with Crippen molar-refractivity contribution in [3.63, 3.8) is 0 Å². The lowest BCUT2D eigenvalue weighted by atomic mass is 9.85. The summed E-state index contributed by atoms with van der Waals surface area (Å²) in [6.45, 7) is 0. The van der Waals surface area contributed by atoms with Crippen LogP contribution >= 0.6 is 11.3 Å². The molecule has 1 saturated carbocycles. The van der Waals surface area contributed by atoms with Gasteiger partial charge in [0.2, 0.25) is 10.0 Å². The van der Waals surface area contributed by atoms with Crippen molar-refractivity contribution in [2.45, 2.75) is 49.1 Å². The highest BCUT2D eigenvalue weighted by molar-refractivity contribution is 7.89. The van der Waals surface area contributed by atoms with Crippen LogP contribution in [0.3, 0.4) is 0 Å². The molecule has 2 aromatic rings. The van der Waals surface area contributed by atoms with Gasteiger partial charge in [0.1, 0.15) is 6.04 Å². The summed E-state index contributed by atoms with van der Waals surface area (Å²) in [6, 6.07) is 3.68. The monoisotopic (exact) mass is 366 g/mol. The molecule has 3 atom stereocenters. The van der Waals surface area contributed by atoms with E-state index in [1.807, 2.05) is 0 Å². The number of fused-ring (bicyclic) bond motifs is 2. The van der Waals surface area contributed by atoms with Crippen molar-refractivity contribution >= 4 is 37.5 Å². The summed E-state index contributed by atoms with van der Waals surface area (Å²) in [5, 5.41) is 9.57. The van der Waals surface area contributed by atoms with E-state index in [4.69, 9.17) is 0 Å². The molecule has 0 amide bonds. The largest absolute Gasteiger partial charge is 0.480 e. The maximum atomic E-state index is 13.2. The summed E-state index contributed by atoms with van der Waals surface area (Å²) < 4.78 is 28.5. The number of sulfonamides is 1. The molecule has 1 aliphatic heterocycles. The zero-order chi connectivity index (χ0) is 16.9. The van der Waals surface area contributed by atoms with E-state index in [1.54, 1.807) is 17.6 Å². The minimum absolute atomic E-state index is 0.154. The number of hydrogen-bond acceptors (Lipinski definition) is 5. The topological polar surface area (TPSA) is 87.6 Å². The van der Waals surface area contributed by atoms with Crippen molar-refractivity contribution in [1.82, 2.24) is 9.29 Å². The molecule has 1 aromatic heterocycles. The Morgan fingerprint density at radius 1 is 1.29 bits per heavy atom. The lowest BCUT2D eigenvalue weighted by molar-refractivity contribution is -0.141. The van der Waals surface area contributed by atoms with E-state index in [1.165, 1.54) is 21.7 Å². The molecule has 24 heavy (non-hydrogen) atoms. The molecule has 6 nitrogen and oxygen atoms in total. The maximum Gasteiger partial charge on any atom is 0.322 e. The molecule has 0 spiro atoms. The second-order valence-corrected chi connectivity index (χ2v) is 9.25. The normalized spacial score (nSPS) is 28.1. The standard InChI is InChI=1S/C16H18N2O4S2/c19-16(20)14-7-10-3-1-2-4-13(10)18(14)24(21,22)11-5-6-12-15(8-11)23-9-17-12/h5-6,8-10,13-14H,1-4,7H2,(H,19,20). The number of carbonyl (C=O) groups is 1. The van der Waals surface area contributed by atoms with Crippen LogP contribution in [0.5, 0.6) is 0 Å². The van der Waals surface area contributed by atoms with E-state index in [0.29, 0.717) is 6.42 Å². The molecule has 1 aliphatic carbocycles. The van der Waals surface area contributed by atoms with Gasteiger partial charge in [0, 0.05) is 6.04 Å². The molecular weight excluding hydrogens is 348 g/mol. The Morgan fingerprint density at radius 3 is 2.88 bits per heavy atom. The average molecular weight is 366 g/mol. The number of aliphatic carboxylic acids is 1. The molecule has 4 rings (SSSR count). The summed E-state index contributed by atoms with van der Waals surface area (Å²) in [7, 11) is -3.84. The molecule has 2 aliphatic rings. The van der Waals surface area contributed by atoms with E-state index >= 15 is 0 Å². The van der Waals surface area contributed by atoms with Gasteiger partial charge in [0.15, 0.2) is 0 Å². The SMILES string of the molecule is O=C(O)C1CC2CCCCC2N1S(=O)(=O)c1ccc2ncsc2c1. The molecule has 1 N–H and O–H groups in total. The number of carboxylic acid groups (broad SMARTS) is 1. The van der Waals surface area contributed by atoms with Gasteiger partial charge in [-0.25, -0.2) is 13.4 Å². The van der Waals surface area contributed by atoms with E-state index in [2.05, 4.69) is 4.98 Å². The van der Waals surface area contributed by atoms with Crippen LogP contribution in [0.4, 0.5) is 0 Å². The summed E-state index contributed by atoms with van der Waals surface area (Å²) >= 11 is 1.38. The van der Waals surface area contributed by atoms with E-state index in [-0.39, 0.29) is 16.9 Å². The fourth-order valence-electron chi connectivity index (χ4n) is 4.09. The lowest BCUT2D eigenvalue weighted by Crippen LogP contribution is -2.46. The Hall–Kier alpha value is -1.51. The quantitative estimate of drug-likeness (QED) is 0.902. The first kappa shape index (κ1) is 16.0. The fourth-order valence-corrected chi connectivity index (χ4v) is 6.78. The third kappa shape index (κ3) is 2.44. The minimum atomic E-state index is -3.84. The van der Waals surface area contributed by atoms with Gasteiger partial charge < -0.3 is 5.11 Å². The van der Waals surface area contributed by atoms with Gasteiger partial charge >= 0.3 is 5.97 Å². The highest BCUT2D eigenvalue weighted by Gasteiger charge is 2.51. The second-order valence-electron chi connectivity index (χ2n) is 6.52. The smallest absolute Gasteiger partial charge is 0.322 e. The Morgan fingerprint density at radius 2 is 2.08 bits per heavy atom.